The lowest BCUT2D eigenvalue weighted by atomic mass is 9.91. The smallest absolute Gasteiger partial charge is 0.0443 e. The zero-order valence-corrected chi connectivity index (χ0v) is 24.4. The van der Waals surface area contributed by atoms with Gasteiger partial charge in [-0.3, -0.25) is 0 Å². The van der Waals surface area contributed by atoms with Gasteiger partial charge in [0.05, 0.1) is 0 Å². The fraction of sp³-hybridized carbons (Fsp3) is 1.00. The minimum absolute atomic E-state index is 0.946. The van der Waals surface area contributed by atoms with Crippen molar-refractivity contribution in [1.29, 1.82) is 0 Å². The molecule has 0 N–H and O–H groups in total. The SMILES string of the molecule is CCCCCCCCCCCCCCCCCCC(C)CCCC(C)CCCC(C)CCC. The van der Waals surface area contributed by atoms with E-state index in [1.54, 1.807) is 0 Å². The van der Waals surface area contributed by atoms with E-state index in [-0.39, 0.29) is 0 Å². The van der Waals surface area contributed by atoms with Crippen molar-refractivity contribution in [3.63, 3.8) is 0 Å². The largest absolute Gasteiger partial charge is 0.0654 e. The van der Waals surface area contributed by atoms with E-state index in [1.165, 1.54) is 161 Å². The average Bonchev–Trinajstić information content (AvgIpc) is 2.79. The van der Waals surface area contributed by atoms with E-state index < -0.39 is 0 Å². The van der Waals surface area contributed by atoms with Crippen LogP contribution in [0.25, 0.3) is 0 Å². The highest BCUT2D eigenvalue weighted by atomic mass is 14.1. The molecule has 0 spiro atoms. The first-order valence-electron chi connectivity index (χ1n) is 16.1. The quantitative estimate of drug-likeness (QED) is 0.106. The van der Waals surface area contributed by atoms with Crippen molar-refractivity contribution >= 4 is 0 Å². The molecule has 0 saturated carbocycles. The van der Waals surface area contributed by atoms with E-state index in [4.69, 9.17) is 0 Å². The summed E-state index contributed by atoms with van der Waals surface area (Å²) >= 11 is 0. The maximum absolute atomic E-state index is 2.50. The molecule has 0 aromatic rings. The van der Waals surface area contributed by atoms with Crippen molar-refractivity contribution in [2.45, 2.75) is 195 Å². The highest BCUT2D eigenvalue weighted by molar-refractivity contribution is 4.61. The maximum atomic E-state index is 2.50. The van der Waals surface area contributed by atoms with Gasteiger partial charge in [0.2, 0.25) is 0 Å². The van der Waals surface area contributed by atoms with Crippen LogP contribution >= 0.6 is 0 Å². The molecule has 0 heterocycles. The van der Waals surface area contributed by atoms with E-state index in [9.17, 15) is 0 Å². The maximum Gasteiger partial charge on any atom is -0.0443 e. The Morgan fingerprint density at radius 1 is 0.273 bits per heavy atom. The van der Waals surface area contributed by atoms with Gasteiger partial charge in [-0.05, 0) is 17.8 Å². The van der Waals surface area contributed by atoms with Gasteiger partial charge in [0, 0.05) is 0 Å². The zero-order chi connectivity index (χ0) is 24.4. The molecular weight excluding hydrogens is 396 g/mol. The summed E-state index contributed by atoms with van der Waals surface area (Å²) in [5.74, 6) is 2.84. The Morgan fingerprint density at radius 3 is 0.879 bits per heavy atom. The van der Waals surface area contributed by atoms with E-state index in [0.29, 0.717) is 0 Å². The topological polar surface area (TPSA) is 0 Å². The van der Waals surface area contributed by atoms with Crippen molar-refractivity contribution in [3.05, 3.63) is 0 Å². The van der Waals surface area contributed by atoms with Gasteiger partial charge in [0.15, 0.2) is 0 Å². The third kappa shape index (κ3) is 26.4. The molecule has 33 heavy (non-hydrogen) atoms. The molecule has 0 saturated heterocycles. The van der Waals surface area contributed by atoms with Crippen molar-refractivity contribution in [2.24, 2.45) is 17.8 Å². The van der Waals surface area contributed by atoms with Gasteiger partial charge in [-0.25, -0.2) is 0 Å². The Hall–Kier alpha value is 0. The predicted molar refractivity (Wildman–Crippen MR) is 154 cm³/mol. The van der Waals surface area contributed by atoms with E-state index in [2.05, 4.69) is 34.6 Å². The van der Waals surface area contributed by atoms with Crippen LogP contribution in [0.3, 0.4) is 0 Å². The summed E-state index contributed by atoms with van der Waals surface area (Å²) in [6.07, 6.45) is 36.6. The van der Waals surface area contributed by atoms with E-state index in [1.807, 2.05) is 0 Å². The molecule has 0 nitrogen and oxygen atoms in total. The second-order valence-corrected chi connectivity index (χ2v) is 12.1. The summed E-state index contributed by atoms with van der Waals surface area (Å²) < 4.78 is 0. The summed E-state index contributed by atoms with van der Waals surface area (Å²) in [7, 11) is 0. The van der Waals surface area contributed by atoms with E-state index >= 15 is 0 Å². The van der Waals surface area contributed by atoms with Crippen LogP contribution in [0.15, 0.2) is 0 Å². The summed E-state index contributed by atoms with van der Waals surface area (Å²) in [5, 5.41) is 0. The molecule has 3 atom stereocenters. The molecule has 0 aliphatic rings. The summed E-state index contributed by atoms with van der Waals surface area (Å²) in [5.41, 5.74) is 0. The van der Waals surface area contributed by atoms with Crippen molar-refractivity contribution in [1.82, 2.24) is 0 Å². The molecule has 0 heteroatoms. The van der Waals surface area contributed by atoms with Crippen LogP contribution in [-0.4, -0.2) is 0 Å². The number of hydrogen-bond donors (Lipinski definition) is 0. The Kier molecular flexibility index (Phi) is 26.6. The van der Waals surface area contributed by atoms with Crippen molar-refractivity contribution < 1.29 is 0 Å². The normalized spacial score (nSPS) is 14.5. The van der Waals surface area contributed by atoms with Crippen LogP contribution < -0.4 is 0 Å². The second-order valence-electron chi connectivity index (χ2n) is 12.1. The third-order valence-corrected chi connectivity index (χ3v) is 8.12. The lowest BCUT2D eigenvalue weighted by Gasteiger charge is -2.15. The molecule has 0 aromatic heterocycles. The highest BCUT2D eigenvalue weighted by Crippen LogP contribution is 2.23. The van der Waals surface area contributed by atoms with Crippen LogP contribution in [0.1, 0.15) is 195 Å². The summed E-state index contributed by atoms with van der Waals surface area (Å²) in [6.45, 7) is 12.1. The molecule has 0 aromatic carbocycles. The molecule has 0 rings (SSSR count). The van der Waals surface area contributed by atoms with Gasteiger partial charge in [-0.15, -0.1) is 0 Å². The average molecular weight is 465 g/mol. The van der Waals surface area contributed by atoms with Crippen LogP contribution in [0.2, 0.25) is 0 Å². The molecule has 200 valence electrons. The lowest BCUT2D eigenvalue weighted by Crippen LogP contribution is -2.01. The van der Waals surface area contributed by atoms with Gasteiger partial charge >= 0.3 is 0 Å². The molecule has 0 amide bonds. The standard InChI is InChI=1S/C33H68/c1-6-8-9-10-11-12-13-14-15-16-17-18-19-20-21-22-26-32(4)28-24-30-33(5)29-23-27-31(3)25-7-2/h31-33H,6-30H2,1-5H3. The Bertz CT molecular complexity index is 346. The van der Waals surface area contributed by atoms with Crippen LogP contribution in [0, 0.1) is 17.8 Å². The van der Waals surface area contributed by atoms with Crippen LogP contribution in [0.5, 0.6) is 0 Å². The Balaban J connectivity index is 3.27. The molecule has 0 radical (unpaired) electrons. The fourth-order valence-corrected chi connectivity index (χ4v) is 5.60. The number of rotatable bonds is 27. The highest BCUT2D eigenvalue weighted by Gasteiger charge is 2.07. The number of hydrogen-bond acceptors (Lipinski definition) is 0. The first-order chi connectivity index (χ1) is 16.1. The van der Waals surface area contributed by atoms with Crippen molar-refractivity contribution in [3.8, 4) is 0 Å². The predicted octanol–water partition coefficient (Wildman–Crippen LogP) is 12.7. The summed E-state index contributed by atoms with van der Waals surface area (Å²) in [6, 6.07) is 0. The minimum atomic E-state index is 0.946. The Labute approximate surface area is 212 Å². The van der Waals surface area contributed by atoms with Crippen molar-refractivity contribution in [2.75, 3.05) is 0 Å². The minimum Gasteiger partial charge on any atom is -0.0654 e. The monoisotopic (exact) mass is 465 g/mol. The number of unbranched alkanes of at least 4 members (excludes halogenated alkanes) is 15. The van der Waals surface area contributed by atoms with Gasteiger partial charge < -0.3 is 0 Å². The lowest BCUT2D eigenvalue weighted by molar-refractivity contribution is 0.377. The molecule has 3 unspecified atom stereocenters. The van der Waals surface area contributed by atoms with Gasteiger partial charge in [-0.1, -0.05) is 195 Å². The zero-order valence-electron chi connectivity index (χ0n) is 24.4. The second kappa shape index (κ2) is 26.6. The van der Waals surface area contributed by atoms with Crippen LogP contribution in [-0.2, 0) is 0 Å². The summed E-state index contributed by atoms with van der Waals surface area (Å²) in [4.78, 5) is 0. The molecule has 0 aliphatic carbocycles. The van der Waals surface area contributed by atoms with E-state index in [0.717, 1.165) is 17.8 Å². The van der Waals surface area contributed by atoms with Gasteiger partial charge in [0.25, 0.3) is 0 Å². The molecule has 0 aliphatic heterocycles. The van der Waals surface area contributed by atoms with Gasteiger partial charge in [0.1, 0.15) is 0 Å². The Morgan fingerprint density at radius 2 is 0.545 bits per heavy atom. The molecule has 0 fully saturated rings. The fourth-order valence-electron chi connectivity index (χ4n) is 5.60. The first kappa shape index (κ1) is 33.0. The molecule has 0 bridgehead atoms. The first-order valence-corrected chi connectivity index (χ1v) is 16.1. The third-order valence-electron chi connectivity index (χ3n) is 8.12. The van der Waals surface area contributed by atoms with Crippen LogP contribution in [0.4, 0.5) is 0 Å². The molecular formula is C33H68. The van der Waals surface area contributed by atoms with Gasteiger partial charge in [-0.2, -0.15) is 0 Å².